The van der Waals surface area contributed by atoms with Gasteiger partial charge in [0.2, 0.25) is 28.8 Å². The first-order valence-corrected chi connectivity index (χ1v) is 28.0. The molecule has 11 rings (SSSR count). The van der Waals surface area contributed by atoms with E-state index in [-0.39, 0.29) is 41.7 Å². The number of hydrogen-bond donors (Lipinski definition) is 3. The van der Waals surface area contributed by atoms with Crippen molar-refractivity contribution >= 4 is 94.5 Å². The standard InChI is InChI=1S/C19H20N4O3S.C17H18N4O2S.C15H13N3O3.C2H3ClO.C2H7NS.CH4.ClH/c1-13(24)23-8-9-27-19(23)15-10-17(25-2)21-11-16(15)26-12-14-4-3-6-22-7-5-20-18(14)22;1-22-15-9-13(17-19-5-8-24-17)14(10-20-15)23-11-12-3-2-6-21-7-4-18-16(12)21;1-20-14-7-12(9-19)13(8-17-14)21-10-11-3-2-5-18-6-4-16-15(11)18;1-2(3)4;3-1-2-4;;/h3-7,10-11,19H,8-9,12H2,1-2H3;2-4,6-7,9-10,17,19H,5,8,11H2,1H3;2-9H,10H2,1H3;1H3;4H,1-3H2;1H4;1H. The number of aromatic nitrogens is 9. The van der Waals surface area contributed by atoms with E-state index in [4.69, 9.17) is 34.2 Å². The quantitative estimate of drug-likeness (QED) is 0.0464. The molecule has 2 saturated heterocycles. The summed E-state index contributed by atoms with van der Waals surface area (Å²) in [5.74, 6) is 6.13. The van der Waals surface area contributed by atoms with Crippen molar-refractivity contribution in [1.82, 2.24) is 53.3 Å². The number of imidazole rings is 3. The maximum Gasteiger partial charge on any atom is 0.220 e. The molecule has 2 aliphatic rings. The minimum absolute atomic E-state index is 0. The van der Waals surface area contributed by atoms with Crippen LogP contribution in [-0.2, 0) is 29.4 Å². The van der Waals surface area contributed by atoms with E-state index in [0.29, 0.717) is 61.1 Å². The van der Waals surface area contributed by atoms with E-state index in [1.807, 2.05) is 116 Å². The van der Waals surface area contributed by atoms with Crippen molar-refractivity contribution in [3.63, 3.8) is 0 Å². The van der Waals surface area contributed by atoms with E-state index in [9.17, 15) is 14.4 Å². The molecule has 2 atom stereocenters. The number of thioether (sulfide) groups is 2. The average molecular weight is 1220 g/mol. The van der Waals surface area contributed by atoms with Gasteiger partial charge in [0.05, 0.1) is 50.9 Å². The summed E-state index contributed by atoms with van der Waals surface area (Å²) >= 11 is 12.0. The lowest BCUT2D eigenvalue weighted by molar-refractivity contribution is -0.129. The van der Waals surface area contributed by atoms with Gasteiger partial charge in [-0.1, -0.05) is 25.6 Å². The Balaban J connectivity index is 0.000000210. The van der Waals surface area contributed by atoms with Gasteiger partial charge in [0.15, 0.2) is 6.29 Å². The number of pyridine rings is 6. The largest absolute Gasteiger partial charge is 0.487 e. The second-order valence-corrected chi connectivity index (χ2v) is 20.4. The van der Waals surface area contributed by atoms with Crippen LogP contribution < -0.4 is 39.5 Å². The van der Waals surface area contributed by atoms with Gasteiger partial charge in [-0.05, 0) is 29.8 Å². The third-order valence-corrected chi connectivity index (χ3v) is 14.4. The number of halogens is 2. The summed E-state index contributed by atoms with van der Waals surface area (Å²) in [5.41, 5.74) is 12.9. The van der Waals surface area contributed by atoms with Crippen LogP contribution in [0.4, 0.5) is 0 Å². The number of carbonyl (C=O) groups excluding carboxylic acids is 3. The fourth-order valence-corrected chi connectivity index (χ4v) is 10.4. The molecule has 1 amide bonds. The summed E-state index contributed by atoms with van der Waals surface area (Å²) in [6.07, 6.45) is 22.4. The number of carbonyl (C=O) groups is 3. The first-order valence-electron chi connectivity index (χ1n) is 24.9. The number of methoxy groups -OCH3 is 3. The maximum atomic E-state index is 12.0. The first-order chi connectivity index (χ1) is 39.0. The normalized spacial score (nSPS) is 13.9. The van der Waals surface area contributed by atoms with Gasteiger partial charge in [-0.15, -0.1) is 35.9 Å². The topological polar surface area (TPSA) is 238 Å². The van der Waals surface area contributed by atoms with E-state index in [1.54, 1.807) is 70.0 Å². The molecule has 0 aliphatic carbocycles. The van der Waals surface area contributed by atoms with Crippen LogP contribution in [0.25, 0.3) is 16.9 Å². The molecule has 0 saturated carbocycles. The highest BCUT2D eigenvalue weighted by Crippen LogP contribution is 2.43. The number of nitrogens with one attached hydrogen (secondary N) is 1. The number of hydrogen-bond acceptors (Lipinski definition) is 20. The van der Waals surface area contributed by atoms with Crippen molar-refractivity contribution in [2.24, 2.45) is 5.73 Å². The number of aldehydes is 1. The van der Waals surface area contributed by atoms with Crippen LogP contribution in [0.15, 0.2) is 129 Å². The first kappa shape index (κ1) is 65.5. The summed E-state index contributed by atoms with van der Waals surface area (Å²) in [6, 6.07) is 17.2. The van der Waals surface area contributed by atoms with Gasteiger partial charge in [0.1, 0.15) is 59.4 Å². The van der Waals surface area contributed by atoms with Gasteiger partial charge in [-0.25, -0.2) is 29.9 Å². The Hall–Kier alpha value is -7.32. The lowest BCUT2D eigenvalue weighted by Gasteiger charge is -2.24. The van der Waals surface area contributed by atoms with E-state index in [2.05, 4.69) is 59.5 Å². The summed E-state index contributed by atoms with van der Waals surface area (Å²) in [7, 11) is 4.70. The van der Waals surface area contributed by atoms with Crippen LogP contribution in [-0.4, -0.2) is 124 Å². The molecule has 21 nitrogen and oxygen atoms in total. The average Bonchev–Trinajstić information content (AvgIpc) is 4.37. The molecular weight excluding hydrogens is 1150 g/mol. The van der Waals surface area contributed by atoms with Gasteiger partial charge in [-0.2, -0.15) is 12.6 Å². The third-order valence-electron chi connectivity index (χ3n) is 11.7. The maximum absolute atomic E-state index is 12.0. The molecule has 0 spiro atoms. The second kappa shape index (κ2) is 33.6. The van der Waals surface area contributed by atoms with Crippen molar-refractivity contribution in [2.75, 3.05) is 58.2 Å². The molecule has 82 heavy (non-hydrogen) atoms. The molecule has 0 bridgehead atoms. The molecule has 0 aromatic carbocycles. The summed E-state index contributed by atoms with van der Waals surface area (Å²) < 4.78 is 39.3. The van der Waals surface area contributed by atoms with Crippen molar-refractivity contribution in [3.05, 3.63) is 162 Å². The molecule has 2 aliphatic heterocycles. The Kier molecular flexibility index (Phi) is 26.8. The van der Waals surface area contributed by atoms with Gasteiger partial charge >= 0.3 is 0 Å². The smallest absolute Gasteiger partial charge is 0.220 e. The molecule has 11 heterocycles. The van der Waals surface area contributed by atoms with Crippen molar-refractivity contribution in [3.8, 4) is 34.9 Å². The SMILES string of the molecule is C.CC(=O)Cl.COc1cc(C2NCCS2)c(OCc2cccn3ccnc23)cn1.COc1cc(C2SCCN2C(C)=O)c(OCc2cccn3ccnc23)cn1.COc1cc(C=O)c(OCc2cccn3ccnc23)cn1.Cl.NCCS. The van der Waals surface area contributed by atoms with Crippen molar-refractivity contribution < 1.29 is 42.8 Å². The lowest BCUT2D eigenvalue weighted by Crippen LogP contribution is -2.28. The lowest BCUT2D eigenvalue weighted by atomic mass is 10.2. The van der Waals surface area contributed by atoms with Gasteiger partial charge in [0.25, 0.3) is 0 Å². The Morgan fingerprint density at radius 2 is 1.11 bits per heavy atom. The fraction of sp³-hybridized carbons (Fsp3) is 0.304. The molecular formula is C56H66Cl2N12O9S3. The van der Waals surface area contributed by atoms with Gasteiger partial charge in [-0.3, -0.25) is 14.4 Å². The van der Waals surface area contributed by atoms with Crippen LogP contribution in [0.5, 0.6) is 34.9 Å². The van der Waals surface area contributed by atoms with E-state index < -0.39 is 0 Å². The van der Waals surface area contributed by atoms with Crippen molar-refractivity contribution in [1.29, 1.82) is 0 Å². The Bertz CT molecular complexity index is 3450. The zero-order chi connectivity index (χ0) is 56.8. The number of nitrogens with two attached hydrogens (primary N) is 1. The van der Waals surface area contributed by atoms with Crippen LogP contribution in [0, 0.1) is 0 Å². The summed E-state index contributed by atoms with van der Waals surface area (Å²) in [5, 5.41) is 3.22. The minimum atomic E-state index is -0.361. The van der Waals surface area contributed by atoms with Crippen LogP contribution in [0.3, 0.4) is 0 Å². The number of rotatable bonds is 16. The zero-order valence-corrected chi connectivity index (χ0v) is 49.1. The predicted molar refractivity (Wildman–Crippen MR) is 326 cm³/mol. The van der Waals surface area contributed by atoms with E-state index in [1.165, 1.54) is 20.2 Å². The zero-order valence-electron chi connectivity index (χ0n) is 45.0. The number of thiol groups is 1. The molecule has 26 heteroatoms. The monoisotopic (exact) mass is 1220 g/mol. The van der Waals surface area contributed by atoms with Gasteiger partial charge < -0.3 is 57.6 Å². The summed E-state index contributed by atoms with van der Waals surface area (Å²) in [4.78, 5) is 59.8. The Morgan fingerprint density at radius 1 is 0.683 bits per heavy atom. The number of fused-ring (bicyclic) bond motifs is 3. The number of ether oxygens (including phenoxy) is 6. The van der Waals surface area contributed by atoms with E-state index >= 15 is 0 Å². The molecule has 9 aromatic heterocycles. The fourth-order valence-electron chi connectivity index (χ4n) is 8.01. The highest BCUT2D eigenvalue weighted by molar-refractivity contribution is 8.00. The number of amides is 1. The van der Waals surface area contributed by atoms with Gasteiger partial charge in [0, 0.05) is 153 Å². The van der Waals surface area contributed by atoms with Crippen LogP contribution in [0.2, 0.25) is 0 Å². The molecule has 3 N–H and O–H groups in total. The number of nitrogens with zero attached hydrogens (tertiary/aromatic N) is 10. The Labute approximate surface area is 500 Å². The molecule has 2 fully saturated rings. The Morgan fingerprint density at radius 3 is 1.52 bits per heavy atom. The molecule has 0 radical (unpaired) electrons. The van der Waals surface area contributed by atoms with Crippen molar-refractivity contribution in [2.45, 2.75) is 51.8 Å². The molecule has 2 unspecified atom stereocenters. The van der Waals surface area contributed by atoms with E-state index in [0.717, 1.165) is 87.1 Å². The third kappa shape index (κ3) is 17.8. The highest BCUT2D eigenvalue weighted by Gasteiger charge is 2.32. The minimum Gasteiger partial charge on any atom is -0.487 e. The molecule has 436 valence electrons. The second-order valence-electron chi connectivity index (χ2n) is 17.0. The summed E-state index contributed by atoms with van der Waals surface area (Å²) in [6.45, 7) is 6.40. The predicted octanol–water partition coefficient (Wildman–Crippen LogP) is 9.40. The highest BCUT2D eigenvalue weighted by atomic mass is 35.5. The van der Waals surface area contributed by atoms with Crippen LogP contribution in [0.1, 0.15) is 70.2 Å². The van der Waals surface area contributed by atoms with Crippen LogP contribution >= 0.6 is 60.2 Å². The molecule has 9 aromatic rings.